The first-order valence-electron chi connectivity index (χ1n) is 11.5. The van der Waals surface area contributed by atoms with Gasteiger partial charge in [-0.3, -0.25) is 4.79 Å². The van der Waals surface area contributed by atoms with Crippen LogP contribution in [0.4, 0.5) is 0 Å². The number of hydrogen-bond donors (Lipinski definition) is 7. The summed E-state index contributed by atoms with van der Waals surface area (Å²) in [5.41, 5.74) is 0. The molecular weight excluding hydrogens is 444 g/mol. The van der Waals surface area contributed by atoms with Crippen LogP contribution in [0.25, 0.3) is 0 Å². The minimum atomic E-state index is -2.24. The zero-order chi connectivity index (χ0) is 24.6. The van der Waals surface area contributed by atoms with E-state index in [1.165, 1.54) is 0 Å². The van der Waals surface area contributed by atoms with E-state index in [4.69, 9.17) is 18.9 Å². The molecule has 12 heteroatoms. The highest BCUT2D eigenvalue weighted by atomic mass is 16.8. The molecule has 7 N–H and O–H groups in total. The average Bonchev–Trinajstić information content (AvgIpc) is 3.05. The van der Waals surface area contributed by atoms with Gasteiger partial charge in [0.15, 0.2) is 6.29 Å². The average molecular weight is 483 g/mol. The third kappa shape index (κ3) is 7.04. The molecule has 0 radical (unpaired) electrons. The van der Waals surface area contributed by atoms with Gasteiger partial charge in [0.05, 0.1) is 13.2 Å². The van der Waals surface area contributed by atoms with Crippen molar-refractivity contribution in [2.24, 2.45) is 0 Å². The molecule has 2 saturated heterocycles. The normalized spacial score (nSPS) is 39.0. The van der Waals surface area contributed by atoms with Gasteiger partial charge in [-0.05, 0) is 6.42 Å². The van der Waals surface area contributed by atoms with E-state index in [0.29, 0.717) is 6.42 Å². The van der Waals surface area contributed by atoms with Gasteiger partial charge in [0.25, 0.3) is 0 Å². The summed E-state index contributed by atoms with van der Waals surface area (Å²) in [5, 5.41) is 69.7. The Bertz CT molecular complexity index is 590. The van der Waals surface area contributed by atoms with Gasteiger partial charge in [-0.25, -0.2) is 0 Å². The molecule has 0 unspecified atom stereocenters. The predicted octanol–water partition coefficient (Wildman–Crippen LogP) is -2.09. The molecule has 9 atom stereocenters. The van der Waals surface area contributed by atoms with E-state index in [1.807, 2.05) is 0 Å². The van der Waals surface area contributed by atoms with Crippen LogP contribution in [0.1, 0.15) is 51.9 Å². The Kier molecular flexibility index (Phi) is 11.4. The molecule has 2 rings (SSSR count). The summed E-state index contributed by atoms with van der Waals surface area (Å²) in [6.45, 7) is 0.00269. The summed E-state index contributed by atoms with van der Waals surface area (Å²) < 4.78 is 21.5. The van der Waals surface area contributed by atoms with Crippen LogP contribution in [-0.4, -0.2) is 116 Å². The topological polar surface area (TPSA) is 196 Å². The molecule has 2 aliphatic rings. The minimum Gasteiger partial charge on any atom is -0.460 e. The molecule has 0 amide bonds. The second-order valence-corrected chi connectivity index (χ2v) is 8.58. The Morgan fingerprint density at radius 2 is 1.48 bits per heavy atom. The van der Waals surface area contributed by atoms with Crippen LogP contribution in [0.5, 0.6) is 0 Å². The van der Waals surface area contributed by atoms with Crippen molar-refractivity contribution in [2.75, 3.05) is 19.8 Å². The number of ether oxygens (including phenoxy) is 4. The van der Waals surface area contributed by atoms with Crippen molar-refractivity contribution in [3.05, 3.63) is 0 Å². The van der Waals surface area contributed by atoms with E-state index in [2.05, 4.69) is 6.92 Å². The van der Waals surface area contributed by atoms with E-state index in [-0.39, 0.29) is 6.42 Å². The van der Waals surface area contributed by atoms with Gasteiger partial charge in [0.1, 0.15) is 49.3 Å². The van der Waals surface area contributed by atoms with Crippen molar-refractivity contribution in [3.8, 4) is 0 Å². The minimum absolute atomic E-state index is 0.115. The van der Waals surface area contributed by atoms with Gasteiger partial charge in [-0.1, -0.05) is 39.0 Å². The second kappa shape index (κ2) is 13.2. The Morgan fingerprint density at radius 3 is 2.09 bits per heavy atom. The quantitative estimate of drug-likeness (QED) is 0.112. The number of hydrogen-bond acceptors (Lipinski definition) is 12. The molecule has 0 aromatic rings. The molecule has 0 bridgehead atoms. The van der Waals surface area contributed by atoms with E-state index >= 15 is 0 Å². The zero-order valence-corrected chi connectivity index (χ0v) is 18.9. The maximum absolute atomic E-state index is 12.2. The van der Waals surface area contributed by atoms with E-state index < -0.39 is 80.6 Å². The number of carbonyl (C=O) groups is 1. The van der Waals surface area contributed by atoms with Crippen molar-refractivity contribution in [1.29, 1.82) is 0 Å². The zero-order valence-electron chi connectivity index (χ0n) is 18.9. The Labute approximate surface area is 192 Å². The highest BCUT2D eigenvalue weighted by Gasteiger charge is 2.59. The molecule has 33 heavy (non-hydrogen) atoms. The largest absolute Gasteiger partial charge is 0.460 e. The lowest BCUT2D eigenvalue weighted by Crippen LogP contribution is -2.62. The molecule has 0 aromatic carbocycles. The Balaban J connectivity index is 2.04. The first-order chi connectivity index (χ1) is 15.7. The Morgan fingerprint density at radius 1 is 0.848 bits per heavy atom. The lowest BCUT2D eigenvalue weighted by molar-refractivity contribution is -0.383. The van der Waals surface area contributed by atoms with Gasteiger partial charge >= 0.3 is 5.97 Å². The molecule has 0 aliphatic carbocycles. The smallest absolute Gasteiger partial charge is 0.305 e. The Hall–Kier alpha value is -0.930. The fourth-order valence-corrected chi connectivity index (χ4v) is 3.92. The van der Waals surface area contributed by atoms with Crippen LogP contribution < -0.4 is 0 Å². The lowest BCUT2D eigenvalue weighted by atomic mass is 9.99. The number of aliphatic hydroxyl groups is 7. The SMILES string of the molecule is CCCCCCCCC(=O)OC[C@@]1(O[C@H]2O[C@H](CO)[C@@H](O)[C@H](O)[C@H]2O)O[C@H](CO)[C@@H](O)[C@@H]1O. The van der Waals surface area contributed by atoms with Crippen LogP contribution in [-0.2, 0) is 23.7 Å². The number of carbonyl (C=O) groups excluding carboxylic acids is 1. The summed E-state index contributed by atoms with van der Waals surface area (Å²) in [6.07, 6.45) is -7.05. The number of esters is 1. The van der Waals surface area contributed by atoms with Crippen LogP contribution in [0.3, 0.4) is 0 Å². The molecule has 0 saturated carbocycles. The summed E-state index contributed by atoms with van der Waals surface area (Å²) in [4.78, 5) is 12.2. The third-order valence-corrected chi connectivity index (χ3v) is 6.02. The number of unbranched alkanes of at least 4 members (excludes halogenated alkanes) is 5. The molecule has 2 aliphatic heterocycles. The van der Waals surface area contributed by atoms with Crippen LogP contribution in [0.15, 0.2) is 0 Å². The fraction of sp³-hybridized carbons (Fsp3) is 0.952. The summed E-state index contributed by atoms with van der Waals surface area (Å²) >= 11 is 0. The summed E-state index contributed by atoms with van der Waals surface area (Å²) in [6, 6.07) is 0. The molecule has 2 heterocycles. The van der Waals surface area contributed by atoms with E-state index in [9.17, 15) is 40.5 Å². The van der Waals surface area contributed by atoms with Gasteiger partial charge in [-0.15, -0.1) is 0 Å². The van der Waals surface area contributed by atoms with Crippen molar-refractivity contribution in [1.82, 2.24) is 0 Å². The first kappa shape index (κ1) is 28.3. The third-order valence-electron chi connectivity index (χ3n) is 6.02. The molecule has 12 nitrogen and oxygen atoms in total. The molecule has 194 valence electrons. The fourth-order valence-electron chi connectivity index (χ4n) is 3.92. The number of rotatable bonds is 13. The standard InChI is InChI=1S/C21H38O12/c1-2-3-4-5-6-7-8-14(24)30-11-21(19(29)16(26)13(10-23)32-21)33-20-18(28)17(27)15(25)12(9-22)31-20/h12-13,15-20,22-23,25-29H,2-11H2,1H3/t12-,13-,15-,16-,17+,18-,19+,20-,21+/m1/s1. The monoisotopic (exact) mass is 482 g/mol. The highest BCUT2D eigenvalue weighted by Crippen LogP contribution is 2.36. The van der Waals surface area contributed by atoms with Crippen molar-refractivity contribution in [2.45, 2.75) is 107 Å². The van der Waals surface area contributed by atoms with Crippen molar-refractivity contribution in [3.63, 3.8) is 0 Å². The molecule has 2 fully saturated rings. The highest BCUT2D eigenvalue weighted by molar-refractivity contribution is 5.69. The van der Waals surface area contributed by atoms with E-state index in [1.54, 1.807) is 0 Å². The molecule has 0 aromatic heterocycles. The van der Waals surface area contributed by atoms with Gasteiger partial charge in [-0.2, -0.15) is 0 Å². The first-order valence-corrected chi connectivity index (χ1v) is 11.5. The van der Waals surface area contributed by atoms with Gasteiger partial charge < -0.3 is 54.7 Å². The second-order valence-electron chi connectivity index (χ2n) is 8.58. The summed E-state index contributed by atoms with van der Waals surface area (Å²) in [7, 11) is 0. The van der Waals surface area contributed by atoms with Crippen molar-refractivity contribution < 1.29 is 59.5 Å². The van der Waals surface area contributed by atoms with Crippen molar-refractivity contribution >= 4 is 5.97 Å². The molecule has 0 spiro atoms. The van der Waals surface area contributed by atoms with Gasteiger partial charge in [0, 0.05) is 6.42 Å². The van der Waals surface area contributed by atoms with Crippen LogP contribution in [0.2, 0.25) is 0 Å². The summed E-state index contributed by atoms with van der Waals surface area (Å²) in [5.74, 6) is -2.84. The maximum atomic E-state index is 12.2. The molecular formula is C21H38O12. The predicted molar refractivity (Wildman–Crippen MR) is 111 cm³/mol. The lowest BCUT2D eigenvalue weighted by Gasteiger charge is -2.43. The van der Waals surface area contributed by atoms with Crippen LogP contribution in [0, 0.1) is 0 Å². The van der Waals surface area contributed by atoms with E-state index in [0.717, 1.165) is 32.1 Å². The number of aliphatic hydroxyl groups excluding tert-OH is 7. The van der Waals surface area contributed by atoms with Crippen LogP contribution >= 0.6 is 0 Å². The van der Waals surface area contributed by atoms with Gasteiger partial charge in [0.2, 0.25) is 5.79 Å². The maximum Gasteiger partial charge on any atom is 0.305 e.